The Morgan fingerprint density at radius 2 is 1.68 bits per heavy atom. The van der Waals surface area contributed by atoms with Crippen LogP contribution in [0, 0.1) is 27.2 Å². The standard InChI is InChI=1S/C13H16N4O5/c1-9-11(13(18)15-5-3-14(2)4-6-15)7-10(16(19)20)8-12(9)17(21)22/h7-8H,3-6H2,1-2H3. The summed E-state index contributed by atoms with van der Waals surface area (Å²) in [7, 11) is 1.94. The molecule has 1 fully saturated rings. The number of rotatable bonds is 3. The summed E-state index contributed by atoms with van der Waals surface area (Å²) in [5.41, 5.74) is -0.688. The fourth-order valence-corrected chi connectivity index (χ4v) is 2.38. The molecule has 0 aromatic heterocycles. The van der Waals surface area contributed by atoms with Crippen LogP contribution >= 0.6 is 0 Å². The molecule has 1 amide bonds. The van der Waals surface area contributed by atoms with Gasteiger partial charge in [0.1, 0.15) is 0 Å². The summed E-state index contributed by atoms with van der Waals surface area (Å²) >= 11 is 0. The third-order valence-electron chi connectivity index (χ3n) is 3.79. The minimum Gasteiger partial charge on any atom is -0.336 e. The van der Waals surface area contributed by atoms with Crippen LogP contribution in [0.1, 0.15) is 15.9 Å². The van der Waals surface area contributed by atoms with Crippen LogP contribution in [0.4, 0.5) is 11.4 Å². The van der Waals surface area contributed by atoms with Crippen molar-refractivity contribution in [2.75, 3.05) is 33.2 Å². The first-order chi connectivity index (χ1) is 10.3. The highest BCUT2D eigenvalue weighted by molar-refractivity contribution is 5.97. The zero-order valence-corrected chi connectivity index (χ0v) is 12.3. The minimum atomic E-state index is -0.729. The van der Waals surface area contributed by atoms with Crippen LogP contribution in [0.2, 0.25) is 0 Å². The number of benzene rings is 1. The largest absolute Gasteiger partial charge is 0.336 e. The van der Waals surface area contributed by atoms with Crippen molar-refractivity contribution in [3.8, 4) is 0 Å². The number of hydrogen-bond donors (Lipinski definition) is 0. The van der Waals surface area contributed by atoms with Gasteiger partial charge in [0.25, 0.3) is 17.3 Å². The van der Waals surface area contributed by atoms with E-state index in [4.69, 9.17) is 0 Å². The number of likely N-dealkylation sites (N-methyl/N-ethyl adjacent to an activating group) is 1. The Kier molecular flexibility index (Phi) is 4.36. The summed E-state index contributed by atoms with van der Waals surface area (Å²) in [6.07, 6.45) is 0. The van der Waals surface area contributed by atoms with Gasteiger partial charge in [-0.15, -0.1) is 0 Å². The number of carbonyl (C=O) groups excluding carboxylic acids is 1. The highest BCUT2D eigenvalue weighted by Gasteiger charge is 2.28. The number of nitrogens with zero attached hydrogens (tertiary/aromatic N) is 4. The third kappa shape index (κ3) is 3.03. The highest BCUT2D eigenvalue weighted by atomic mass is 16.6. The smallest absolute Gasteiger partial charge is 0.279 e. The van der Waals surface area contributed by atoms with Crippen molar-refractivity contribution in [3.05, 3.63) is 43.5 Å². The summed E-state index contributed by atoms with van der Waals surface area (Å²) in [6.45, 7) is 3.81. The lowest BCUT2D eigenvalue weighted by Crippen LogP contribution is -2.47. The summed E-state index contributed by atoms with van der Waals surface area (Å²) in [5, 5.41) is 22.0. The van der Waals surface area contributed by atoms with Crippen molar-refractivity contribution in [2.45, 2.75) is 6.92 Å². The molecule has 9 nitrogen and oxygen atoms in total. The van der Waals surface area contributed by atoms with Crippen LogP contribution in [0.15, 0.2) is 12.1 Å². The van der Waals surface area contributed by atoms with Crippen molar-refractivity contribution in [3.63, 3.8) is 0 Å². The van der Waals surface area contributed by atoms with Gasteiger partial charge in [0, 0.05) is 37.8 Å². The monoisotopic (exact) mass is 308 g/mol. The molecule has 0 radical (unpaired) electrons. The van der Waals surface area contributed by atoms with E-state index in [1.165, 1.54) is 6.92 Å². The lowest BCUT2D eigenvalue weighted by atomic mass is 10.0. The molecule has 0 spiro atoms. The van der Waals surface area contributed by atoms with Crippen molar-refractivity contribution in [2.24, 2.45) is 0 Å². The molecule has 0 unspecified atom stereocenters. The van der Waals surface area contributed by atoms with E-state index >= 15 is 0 Å². The van der Waals surface area contributed by atoms with Gasteiger partial charge < -0.3 is 9.80 Å². The van der Waals surface area contributed by atoms with Crippen molar-refractivity contribution in [1.29, 1.82) is 0 Å². The predicted octanol–water partition coefficient (Wildman–Crippen LogP) is 1.20. The fraction of sp³-hybridized carbons (Fsp3) is 0.462. The fourth-order valence-electron chi connectivity index (χ4n) is 2.38. The Morgan fingerprint density at radius 3 is 2.18 bits per heavy atom. The summed E-state index contributed by atoms with van der Waals surface area (Å²) in [4.78, 5) is 36.7. The summed E-state index contributed by atoms with van der Waals surface area (Å²) in [5.74, 6) is -0.405. The molecule has 1 aromatic rings. The zero-order valence-electron chi connectivity index (χ0n) is 12.3. The molecule has 2 rings (SSSR count). The van der Waals surface area contributed by atoms with E-state index in [0.717, 1.165) is 12.1 Å². The Morgan fingerprint density at radius 1 is 1.09 bits per heavy atom. The zero-order chi connectivity index (χ0) is 16.4. The molecule has 1 aliphatic heterocycles. The molecule has 22 heavy (non-hydrogen) atoms. The Labute approximate surface area is 126 Å². The lowest BCUT2D eigenvalue weighted by molar-refractivity contribution is -0.394. The summed E-state index contributed by atoms with van der Waals surface area (Å²) in [6, 6.07) is 2.00. The second kappa shape index (κ2) is 6.06. The van der Waals surface area contributed by atoms with E-state index in [9.17, 15) is 25.0 Å². The average molecular weight is 308 g/mol. The SMILES string of the molecule is Cc1c(C(=O)N2CCN(C)CC2)cc([N+](=O)[O-])cc1[N+](=O)[O-]. The minimum absolute atomic E-state index is 0.0189. The quantitative estimate of drug-likeness (QED) is 0.613. The predicted molar refractivity (Wildman–Crippen MR) is 77.9 cm³/mol. The van der Waals surface area contributed by atoms with Gasteiger partial charge in [-0.2, -0.15) is 0 Å². The second-order valence-electron chi connectivity index (χ2n) is 5.25. The molecular formula is C13H16N4O5. The number of non-ortho nitro benzene ring substituents is 1. The molecule has 0 saturated carbocycles. The second-order valence-corrected chi connectivity index (χ2v) is 5.25. The van der Waals surface area contributed by atoms with E-state index in [1.807, 2.05) is 7.05 Å². The Bertz CT molecular complexity index is 638. The van der Waals surface area contributed by atoms with E-state index in [2.05, 4.69) is 4.90 Å². The maximum atomic E-state index is 12.5. The number of carbonyl (C=O) groups is 1. The van der Waals surface area contributed by atoms with Crippen LogP contribution < -0.4 is 0 Å². The normalized spacial score (nSPS) is 15.6. The maximum Gasteiger partial charge on any atom is 0.279 e. The molecule has 1 aliphatic rings. The van der Waals surface area contributed by atoms with Crippen molar-refractivity contribution >= 4 is 17.3 Å². The molecule has 0 atom stereocenters. The number of amides is 1. The molecule has 0 aliphatic carbocycles. The maximum absolute atomic E-state index is 12.5. The lowest BCUT2D eigenvalue weighted by Gasteiger charge is -2.32. The number of nitro benzene ring substituents is 2. The first-order valence-corrected chi connectivity index (χ1v) is 6.72. The van der Waals surface area contributed by atoms with Gasteiger partial charge in [-0.1, -0.05) is 0 Å². The van der Waals surface area contributed by atoms with Crippen LogP contribution in [-0.4, -0.2) is 58.8 Å². The number of nitro groups is 2. The van der Waals surface area contributed by atoms with Crippen molar-refractivity contribution in [1.82, 2.24) is 9.80 Å². The molecule has 0 N–H and O–H groups in total. The molecule has 118 valence electrons. The molecule has 0 bridgehead atoms. The molecule has 1 saturated heterocycles. The van der Waals surface area contributed by atoms with Gasteiger partial charge in [-0.25, -0.2) is 0 Å². The van der Waals surface area contributed by atoms with Gasteiger partial charge in [-0.05, 0) is 14.0 Å². The molecule has 1 heterocycles. The van der Waals surface area contributed by atoms with Crippen LogP contribution in [0.5, 0.6) is 0 Å². The Hall–Kier alpha value is -2.55. The Balaban J connectivity index is 2.42. The third-order valence-corrected chi connectivity index (χ3v) is 3.79. The highest BCUT2D eigenvalue weighted by Crippen LogP contribution is 2.29. The van der Waals surface area contributed by atoms with E-state index in [0.29, 0.717) is 26.2 Å². The van der Waals surface area contributed by atoms with Crippen LogP contribution in [0.25, 0.3) is 0 Å². The van der Waals surface area contributed by atoms with Gasteiger partial charge in [0.15, 0.2) is 0 Å². The number of piperazine rings is 1. The van der Waals surface area contributed by atoms with Gasteiger partial charge in [0.2, 0.25) is 0 Å². The summed E-state index contributed by atoms with van der Waals surface area (Å²) < 4.78 is 0. The van der Waals surface area contributed by atoms with E-state index < -0.39 is 27.1 Å². The molecule has 9 heteroatoms. The topological polar surface area (TPSA) is 110 Å². The van der Waals surface area contributed by atoms with Gasteiger partial charge in [-0.3, -0.25) is 25.0 Å². The van der Waals surface area contributed by atoms with Gasteiger partial charge in [0.05, 0.1) is 21.5 Å². The van der Waals surface area contributed by atoms with Crippen LogP contribution in [0.3, 0.4) is 0 Å². The molecule has 1 aromatic carbocycles. The van der Waals surface area contributed by atoms with E-state index in [1.54, 1.807) is 4.90 Å². The van der Waals surface area contributed by atoms with Crippen LogP contribution in [-0.2, 0) is 0 Å². The number of hydrogen-bond acceptors (Lipinski definition) is 6. The van der Waals surface area contributed by atoms with Crippen molar-refractivity contribution < 1.29 is 14.6 Å². The first kappa shape index (κ1) is 15.8. The average Bonchev–Trinajstić information content (AvgIpc) is 2.47. The van der Waals surface area contributed by atoms with Gasteiger partial charge >= 0.3 is 0 Å². The molecular weight excluding hydrogens is 292 g/mol. The van der Waals surface area contributed by atoms with E-state index in [-0.39, 0.29) is 11.1 Å². The first-order valence-electron chi connectivity index (χ1n) is 6.72.